The van der Waals surface area contributed by atoms with E-state index in [-0.39, 0.29) is 40.5 Å². The van der Waals surface area contributed by atoms with Crippen LogP contribution in [-0.4, -0.2) is 39.8 Å². The third-order valence-electron chi connectivity index (χ3n) is 12.0. The number of fused-ring (bicyclic) bond motifs is 4. The number of carbonyl (C=O) groups is 2. The topological polar surface area (TPSA) is 94.8 Å². The van der Waals surface area contributed by atoms with Crippen molar-refractivity contribution in [1.29, 1.82) is 0 Å². The fourth-order valence-electron chi connectivity index (χ4n) is 9.42. The lowest BCUT2D eigenvalue weighted by Gasteiger charge is -2.60. The minimum atomic E-state index is -0.805. The van der Waals surface area contributed by atoms with Crippen LogP contribution in [0.3, 0.4) is 0 Å². The van der Waals surface area contributed by atoms with Gasteiger partial charge in [-0.1, -0.05) is 64.8 Å². The number of aliphatic hydroxyl groups excluding tert-OH is 2. The van der Waals surface area contributed by atoms with Gasteiger partial charge in [0.25, 0.3) is 0 Å². The molecule has 3 N–H and O–H groups in total. The molecule has 0 aromatic heterocycles. The Morgan fingerprint density at radius 3 is 2.33 bits per heavy atom. The van der Waals surface area contributed by atoms with Crippen molar-refractivity contribution in [2.75, 3.05) is 6.61 Å². The molecule has 0 bridgehead atoms. The molecule has 4 rings (SSSR count). The van der Waals surface area contributed by atoms with E-state index in [4.69, 9.17) is 0 Å². The van der Waals surface area contributed by atoms with E-state index < -0.39 is 23.4 Å². The number of hydrogen-bond acceptors (Lipinski definition) is 4. The minimum absolute atomic E-state index is 0.105. The molecule has 4 aliphatic rings. The molecule has 2 fully saturated rings. The summed E-state index contributed by atoms with van der Waals surface area (Å²) in [5.74, 6) is -1.07. The standard InChI is InChI=1S/C31H48O5/c1-18(2)19(3)8-9-20(27(35)36)26-23(33)16-31(7)22-10-11-24-28(4,21(22)12-15-30(26,31)6)14-13-25(34)29(24,5)17-32/h18,20,23-24,26,32-33H,3,8-17H2,1-2,4-7H3,(H,35,36)/t20-,23-,24-,26+,28-,29-,30-,31+/m1/s1. The first-order chi connectivity index (χ1) is 16.7. The average Bonchev–Trinajstić information content (AvgIpc) is 3.02. The zero-order valence-corrected chi connectivity index (χ0v) is 23.3. The number of rotatable bonds is 7. The van der Waals surface area contributed by atoms with Crippen molar-refractivity contribution in [3.63, 3.8) is 0 Å². The summed E-state index contributed by atoms with van der Waals surface area (Å²) in [5.41, 5.74) is 2.53. The quantitative estimate of drug-likeness (QED) is 0.376. The molecule has 0 heterocycles. The van der Waals surface area contributed by atoms with Gasteiger partial charge in [-0.15, -0.1) is 0 Å². The maximum atomic E-state index is 12.9. The highest BCUT2D eigenvalue weighted by Gasteiger charge is 2.67. The summed E-state index contributed by atoms with van der Waals surface area (Å²) in [4.78, 5) is 25.5. The molecule has 0 unspecified atom stereocenters. The van der Waals surface area contributed by atoms with Crippen molar-refractivity contribution >= 4 is 11.8 Å². The minimum Gasteiger partial charge on any atom is -0.481 e. The number of carboxylic acids is 1. The Balaban J connectivity index is 1.73. The van der Waals surface area contributed by atoms with Crippen molar-refractivity contribution in [2.24, 2.45) is 45.3 Å². The van der Waals surface area contributed by atoms with E-state index >= 15 is 0 Å². The molecule has 0 saturated heterocycles. The van der Waals surface area contributed by atoms with Crippen LogP contribution in [0.15, 0.2) is 23.3 Å². The molecule has 5 nitrogen and oxygen atoms in total. The first kappa shape index (κ1) is 27.6. The van der Waals surface area contributed by atoms with Gasteiger partial charge in [0.05, 0.1) is 24.0 Å². The molecule has 8 atom stereocenters. The number of carbonyl (C=O) groups excluding carboxylic acids is 1. The lowest BCUT2D eigenvalue weighted by molar-refractivity contribution is -0.149. The van der Waals surface area contributed by atoms with E-state index in [0.29, 0.717) is 31.6 Å². The van der Waals surface area contributed by atoms with Gasteiger partial charge >= 0.3 is 5.97 Å². The molecule has 0 spiro atoms. The van der Waals surface area contributed by atoms with Crippen LogP contribution in [0, 0.1) is 45.3 Å². The normalized spacial score (nSPS) is 43.1. The molecule has 4 aliphatic carbocycles. The molecule has 0 amide bonds. The number of allylic oxidation sites excluding steroid dienone is 3. The molecule has 202 valence electrons. The summed E-state index contributed by atoms with van der Waals surface area (Å²) in [7, 11) is 0. The molecule has 36 heavy (non-hydrogen) atoms. The Morgan fingerprint density at radius 2 is 1.75 bits per heavy atom. The average molecular weight is 501 g/mol. The van der Waals surface area contributed by atoms with E-state index in [2.05, 4.69) is 41.2 Å². The second-order valence-electron chi connectivity index (χ2n) is 13.8. The molecule has 0 radical (unpaired) electrons. The summed E-state index contributed by atoms with van der Waals surface area (Å²) < 4.78 is 0. The molecule has 2 saturated carbocycles. The summed E-state index contributed by atoms with van der Waals surface area (Å²) in [5, 5.41) is 32.1. The fraction of sp³-hybridized carbons (Fsp3) is 0.806. The summed E-state index contributed by atoms with van der Waals surface area (Å²) in [6, 6.07) is 0. The Hall–Kier alpha value is -1.46. The van der Waals surface area contributed by atoms with Gasteiger partial charge in [0.2, 0.25) is 0 Å². The van der Waals surface area contributed by atoms with Crippen LogP contribution in [0.4, 0.5) is 0 Å². The molecular weight excluding hydrogens is 452 g/mol. The predicted molar refractivity (Wildman–Crippen MR) is 141 cm³/mol. The Bertz CT molecular complexity index is 979. The number of Topliss-reactive ketones (excluding diaryl/α,β-unsaturated/α-hetero) is 1. The zero-order chi connectivity index (χ0) is 26.8. The smallest absolute Gasteiger partial charge is 0.306 e. The van der Waals surface area contributed by atoms with Crippen LogP contribution in [-0.2, 0) is 9.59 Å². The first-order valence-electron chi connectivity index (χ1n) is 14.1. The van der Waals surface area contributed by atoms with Gasteiger partial charge in [0.15, 0.2) is 0 Å². The van der Waals surface area contributed by atoms with Gasteiger partial charge in [-0.05, 0) is 79.4 Å². The van der Waals surface area contributed by atoms with E-state index in [1.807, 2.05) is 6.92 Å². The SMILES string of the molecule is C=C(CC[C@@H](C(=O)O)[C@H]1[C@H](O)C[C@@]2(C)C3=C(CC[C@]12C)[C@@]1(C)CCC(=O)[C@](C)(CO)[C@@H]1CC3)C(C)C. The number of aliphatic hydroxyl groups is 2. The lowest BCUT2D eigenvalue weighted by Crippen LogP contribution is -2.56. The van der Waals surface area contributed by atoms with Crippen LogP contribution in [0.1, 0.15) is 99.3 Å². The fourth-order valence-corrected chi connectivity index (χ4v) is 9.42. The number of carboxylic acid groups (broad SMARTS) is 1. The molecule has 5 heteroatoms. The van der Waals surface area contributed by atoms with Gasteiger partial charge < -0.3 is 15.3 Å². The number of hydrogen-bond donors (Lipinski definition) is 3. The van der Waals surface area contributed by atoms with Crippen LogP contribution in [0.25, 0.3) is 0 Å². The van der Waals surface area contributed by atoms with Crippen LogP contribution < -0.4 is 0 Å². The maximum absolute atomic E-state index is 12.9. The Labute approximate surface area is 217 Å². The Kier molecular flexibility index (Phi) is 6.95. The van der Waals surface area contributed by atoms with Gasteiger partial charge in [-0.3, -0.25) is 9.59 Å². The molecule has 0 aromatic carbocycles. The van der Waals surface area contributed by atoms with Crippen molar-refractivity contribution < 1.29 is 24.9 Å². The molecule has 0 aliphatic heterocycles. The number of ketones is 1. The largest absolute Gasteiger partial charge is 0.481 e. The van der Waals surface area contributed by atoms with Crippen LogP contribution in [0.2, 0.25) is 0 Å². The van der Waals surface area contributed by atoms with Crippen molar-refractivity contribution in [2.45, 2.75) is 105 Å². The van der Waals surface area contributed by atoms with Gasteiger partial charge in [0.1, 0.15) is 5.78 Å². The second kappa shape index (κ2) is 9.08. The number of aliphatic carboxylic acids is 1. The maximum Gasteiger partial charge on any atom is 0.306 e. The van der Waals surface area contributed by atoms with E-state index in [9.17, 15) is 24.9 Å². The lowest BCUT2D eigenvalue weighted by atomic mass is 9.43. The van der Waals surface area contributed by atoms with Gasteiger partial charge in [0, 0.05) is 12.3 Å². The molecule has 0 aromatic rings. The van der Waals surface area contributed by atoms with E-state index in [0.717, 1.165) is 37.7 Å². The van der Waals surface area contributed by atoms with Gasteiger partial charge in [-0.25, -0.2) is 0 Å². The van der Waals surface area contributed by atoms with Crippen LogP contribution in [0.5, 0.6) is 0 Å². The predicted octanol–water partition coefficient (Wildman–Crippen LogP) is 5.94. The van der Waals surface area contributed by atoms with E-state index in [1.165, 1.54) is 11.1 Å². The first-order valence-corrected chi connectivity index (χ1v) is 14.1. The second-order valence-corrected chi connectivity index (χ2v) is 13.8. The third kappa shape index (κ3) is 3.70. The molecular formula is C31H48O5. The highest BCUT2D eigenvalue weighted by molar-refractivity contribution is 5.86. The summed E-state index contributed by atoms with van der Waals surface area (Å²) in [6.07, 6.45) is 5.92. The van der Waals surface area contributed by atoms with Crippen molar-refractivity contribution in [1.82, 2.24) is 0 Å². The highest BCUT2D eigenvalue weighted by Crippen LogP contribution is 2.72. The highest BCUT2D eigenvalue weighted by atomic mass is 16.4. The summed E-state index contributed by atoms with van der Waals surface area (Å²) >= 11 is 0. The van der Waals surface area contributed by atoms with Crippen LogP contribution >= 0.6 is 0 Å². The third-order valence-corrected chi connectivity index (χ3v) is 12.0. The van der Waals surface area contributed by atoms with Crippen molar-refractivity contribution in [3.8, 4) is 0 Å². The Morgan fingerprint density at radius 1 is 1.08 bits per heavy atom. The van der Waals surface area contributed by atoms with E-state index in [1.54, 1.807) is 0 Å². The summed E-state index contributed by atoms with van der Waals surface area (Å²) in [6.45, 7) is 17.0. The zero-order valence-electron chi connectivity index (χ0n) is 23.3. The van der Waals surface area contributed by atoms with Gasteiger partial charge in [-0.2, -0.15) is 0 Å². The monoisotopic (exact) mass is 500 g/mol. The van der Waals surface area contributed by atoms with Crippen molar-refractivity contribution in [3.05, 3.63) is 23.3 Å².